The summed E-state index contributed by atoms with van der Waals surface area (Å²) in [5.41, 5.74) is 6.49. The van der Waals surface area contributed by atoms with Crippen molar-refractivity contribution in [2.75, 3.05) is 18.0 Å². The van der Waals surface area contributed by atoms with E-state index < -0.39 is 0 Å². The molecule has 3 nitrogen and oxygen atoms in total. The SMILES string of the molecule is CCCC1CCCN(c2ccc(C(=N)N)c(Br)c2F)CC1. The molecule has 1 saturated heterocycles. The van der Waals surface area contributed by atoms with Crippen LogP contribution in [-0.4, -0.2) is 18.9 Å². The molecule has 1 aliphatic heterocycles. The first kappa shape index (κ1) is 16.3. The lowest BCUT2D eigenvalue weighted by molar-refractivity contribution is 0.435. The van der Waals surface area contributed by atoms with Crippen LogP contribution in [0.25, 0.3) is 0 Å². The molecule has 0 radical (unpaired) electrons. The normalized spacial score (nSPS) is 19.4. The van der Waals surface area contributed by atoms with E-state index in [0.717, 1.165) is 31.8 Å². The highest BCUT2D eigenvalue weighted by molar-refractivity contribution is 9.10. The predicted octanol–water partition coefficient (Wildman–Crippen LogP) is 4.28. The summed E-state index contributed by atoms with van der Waals surface area (Å²) in [7, 11) is 0. The van der Waals surface area contributed by atoms with Gasteiger partial charge in [0.25, 0.3) is 0 Å². The maximum atomic E-state index is 14.5. The number of hydrogen-bond acceptors (Lipinski definition) is 2. The largest absolute Gasteiger partial charge is 0.384 e. The van der Waals surface area contributed by atoms with Gasteiger partial charge < -0.3 is 10.6 Å². The van der Waals surface area contributed by atoms with Crippen LogP contribution >= 0.6 is 15.9 Å². The van der Waals surface area contributed by atoms with E-state index in [0.29, 0.717) is 15.7 Å². The van der Waals surface area contributed by atoms with E-state index in [4.69, 9.17) is 11.1 Å². The summed E-state index contributed by atoms with van der Waals surface area (Å²) >= 11 is 3.23. The zero-order valence-electron chi connectivity index (χ0n) is 12.5. The molecule has 0 aliphatic carbocycles. The maximum Gasteiger partial charge on any atom is 0.161 e. The van der Waals surface area contributed by atoms with Gasteiger partial charge in [0.05, 0.1) is 10.2 Å². The molecule has 0 spiro atoms. The van der Waals surface area contributed by atoms with Gasteiger partial charge in [-0.1, -0.05) is 19.8 Å². The topological polar surface area (TPSA) is 53.1 Å². The van der Waals surface area contributed by atoms with Crippen molar-refractivity contribution in [2.24, 2.45) is 11.7 Å². The van der Waals surface area contributed by atoms with Gasteiger partial charge in [0.2, 0.25) is 0 Å². The fourth-order valence-corrected chi connectivity index (χ4v) is 3.64. The van der Waals surface area contributed by atoms with Gasteiger partial charge in [-0.15, -0.1) is 0 Å². The first-order chi connectivity index (χ1) is 10.0. The minimum Gasteiger partial charge on any atom is -0.384 e. The zero-order valence-corrected chi connectivity index (χ0v) is 14.0. The highest BCUT2D eigenvalue weighted by Gasteiger charge is 2.21. The molecular formula is C16H23BrFN3. The Labute approximate surface area is 134 Å². The van der Waals surface area contributed by atoms with Gasteiger partial charge in [-0.3, -0.25) is 5.41 Å². The number of halogens is 2. The Hall–Kier alpha value is -1.10. The highest BCUT2D eigenvalue weighted by Crippen LogP contribution is 2.32. The fraction of sp³-hybridized carbons (Fsp3) is 0.562. The van der Waals surface area contributed by atoms with Crippen molar-refractivity contribution in [3.05, 3.63) is 28.0 Å². The standard InChI is InChI=1S/C16H23BrFN3/c1-2-4-11-5-3-9-21(10-8-11)13-7-6-12(16(19)20)14(17)15(13)18/h6-7,11H,2-5,8-10H2,1H3,(H3,19,20). The van der Waals surface area contributed by atoms with Gasteiger partial charge in [0.1, 0.15) is 5.84 Å². The number of nitrogens with one attached hydrogen (secondary N) is 1. The second-order valence-electron chi connectivity index (χ2n) is 5.75. The fourth-order valence-electron chi connectivity index (χ4n) is 3.09. The summed E-state index contributed by atoms with van der Waals surface area (Å²) in [6.45, 7) is 4.01. The second-order valence-corrected chi connectivity index (χ2v) is 6.54. The Morgan fingerprint density at radius 1 is 1.43 bits per heavy atom. The minimum absolute atomic E-state index is 0.119. The van der Waals surface area contributed by atoms with Crippen molar-refractivity contribution >= 4 is 27.5 Å². The van der Waals surface area contributed by atoms with E-state index in [-0.39, 0.29) is 11.7 Å². The lowest BCUT2D eigenvalue weighted by atomic mass is 9.96. The summed E-state index contributed by atoms with van der Waals surface area (Å²) in [4.78, 5) is 2.12. The van der Waals surface area contributed by atoms with E-state index in [2.05, 4.69) is 27.8 Å². The monoisotopic (exact) mass is 355 g/mol. The number of rotatable bonds is 4. The average Bonchev–Trinajstić information content (AvgIpc) is 2.67. The lowest BCUT2D eigenvalue weighted by Gasteiger charge is -2.24. The van der Waals surface area contributed by atoms with Crippen LogP contribution in [-0.2, 0) is 0 Å². The third-order valence-corrected chi connectivity index (χ3v) is 5.01. The van der Waals surface area contributed by atoms with Gasteiger partial charge in [-0.2, -0.15) is 0 Å². The third-order valence-electron chi connectivity index (χ3n) is 4.24. The summed E-state index contributed by atoms with van der Waals surface area (Å²) < 4.78 is 14.8. The molecule has 1 heterocycles. The number of anilines is 1. The predicted molar refractivity (Wildman–Crippen MR) is 89.6 cm³/mol. The van der Waals surface area contributed by atoms with Crippen LogP contribution in [0, 0.1) is 17.1 Å². The van der Waals surface area contributed by atoms with E-state index >= 15 is 0 Å². The van der Waals surface area contributed by atoms with Crippen molar-refractivity contribution in [3.8, 4) is 0 Å². The van der Waals surface area contributed by atoms with Crippen LogP contribution in [0.4, 0.5) is 10.1 Å². The van der Waals surface area contributed by atoms with Crippen LogP contribution in [0.3, 0.4) is 0 Å². The molecule has 5 heteroatoms. The minimum atomic E-state index is -0.309. The number of nitrogens with zero attached hydrogens (tertiary/aromatic N) is 1. The maximum absolute atomic E-state index is 14.5. The Kier molecular flexibility index (Phi) is 5.62. The molecule has 21 heavy (non-hydrogen) atoms. The van der Waals surface area contributed by atoms with Gasteiger partial charge >= 0.3 is 0 Å². The van der Waals surface area contributed by atoms with Crippen molar-refractivity contribution in [1.29, 1.82) is 5.41 Å². The van der Waals surface area contributed by atoms with Crippen LogP contribution < -0.4 is 10.6 Å². The zero-order chi connectivity index (χ0) is 15.4. The highest BCUT2D eigenvalue weighted by atomic mass is 79.9. The van der Waals surface area contributed by atoms with Crippen molar-refractivity contribution < 1.29 is 4.39 Å². The second kappa shape index (κ2) is 7.25. The summed E-state index contributed by atoms with van der Waals surface area (Å²) in [5.74, 6) is 0.339. The average molecular weight is 356 g/mol. The number of nitrogens with two attached hydrogens (primary N) is 1. The van der Waals surface area contributed by atoms with Gasteiger partial charge in [-0.05, 0) is 53.2 Å². The molecule has 1 aliphatic rings. The molecule has 116 valence electrons. The quantitative estimate of drug-likeness (QED) is 0.625. The van der Waals surface area contributed by atoms with Crippen LogP contribution in [0.2, 0.25) is 0 Å². The molecule has 3 N–H and O–H groups in total. The third kappa shape index (κ3) is 3.76. The summed E-state index contributed by atoms with van der Waals surface area (Å²) in [5, 5.41) is 7.46. The molecule has 1 aromatic rings. The number of benzene rings is 1. The van der Waals surface area contributed by atoms with Crippen LogP contribution in [0.15, 0.2) is 16.6 Å². The molecule has 1 fully saturated rings. The van der Waals surface area contributed by atoms with E-state index in [9.17, 15) is 4.39 Å². The van der Waals surface area contributed by atoms with E-state index in [1.165, 1.54) is 19.3 Å². The first-order valence-electron chi connectivity index (χ1n) is 7.62. The number of amidine groups is 1. The van der Waals surface area contributed by atoms with Crippen LogP contribution in [0.1, 0.15) is 44.6 Å². The summed E-state index contributed by atoms with van der Waals surface area (Å²) in [6.07, 6.45) is 5.95. The Morgan fingerprint density at radius 2 is 2.19 bits per heavy atom. The Balaban J connectivity index is 2.18. The van der Waals surface area contributed by atoms with Gasteiger partial charge in [-0.25, -0.2) is 4.39 Å². The smallest absolute Gasteiger partial charge is 0.161 e. The molecule has 2 rings (SSSR count). The Morgan fingerprint density at radius 3 is 2.86 bits per heavy atom. The molecule has 1 unspecified atom stereocenters. The molecule has 0 amide bonds. The van der Waals surface area contributed by atoms with Gasteiger partial charge in [0, 0.05) is 18.7 Å². The molecule has 1 aromatic carbocycles. The van der Waals surface area contributed by atoms with Crippen LogP contribution in [0.5, 0.6) is 0 Å². The number of nitrogen functional groups attached to an aromatic ring is 1. The van der Waals surface area contributed by atoms with E-state index in [1.807, 2.05) is 0 Å². The summed E-state index contributed by atoms with van der Waals surface area (Å²) in [6, 6.07) is 3.47. The van der Waals surface area contributed by atoms with Crippen molar-refractivity contribution in [3.63, 3.8) is 0 Å². The van der Waals surface area contributed by atoms with E-state index in [1.54, 1.807) is 12.1 Å². The molecule has 1 atom stereocenters. The van der Waals surface area contributed by atoms with Crippen molar-refractivity contribution in [2.45, 2.75) is 39.0 Å². The first-order valence-corrected chi connectivity index (χ1v) is 8.41. The molecule has 0 aromatic heterocycles. The lowest BCUT2D eigenvalue weighted by Crippen LogP contribution is -2.26. The van der Waals surface area contributed by atoms with Gasteiger partial charge in [0.15, 0.2) is 5.82 Å². The molecule has 0 saturated carbocycles. The Bertz CT molecular complexity index is 518. The molecular weight excluding hydrogens is 333 g/mol. The molecule has 0 bridgehead atoms. The van der Waals surface area contributed by atoms with Crippen molar-refractivity contribution in [1.82, 2.24) is 0 Å². The number of hydrogen-bond donors (Lipinski definition) is 2.